The number of halogens is 1. The van der Waals surface area contributed by atoms with Crippen LogP contribution >= 0.6 is 0 Å². The molecule has 2 unspecified atom stereocenters. The van der Waals surface area contributed by atoms with Gasteiger partial charge in [0.15, 0.2) is 0 Å². The van der Waals surface area contributed by atoms with Crippen LogP contribution in [0.2, 0.25) is 0 Å². The molecule has 2 atom stereocenters. The Morgan fingerprint density at radius 2 is 2.00 bits per heavy atom. The highest BCUT2D eigenvalue weighted by molar-refractivity contribution is 5.26. The van der Waals surface area contributed by atoms with Crippen molar-refractivity contribution < 1.29 is 8.91 Å². The van der Waals surface area contributed by atoms with Gasteiger partial charge in [0.25, 0.3) is 0 Å². The van der Waals surface area contributed by atoms with E-state index in [2.05, 4.69) is 17.4 Å². The molecule has 0 aliphatic rings. The third kappa shape index (κ3) is 2.90. The number of aromatic nitrogens is 1. The number of hydrogen-bond donors (Lipinski definition) is 1. The highest BCUT2D eigenvalue weighted by Crippen LogP contribution is 2.27. The summed E-state index contributed by atoms with van der Waals surface area (Å²) >= 11 is 0. The average Bonchev–Trinajstić information content (AvgIpc) is 2.76. The summed E-state index contributed by atoms with van der Waals surface area (Å²) in [6.45, 7) is 7.92. The van der Waals surface area contributed by atoms with Gasteiger partial charge in [-0.15, -0.1) is 0 Å². The number of nitrogens with one attached hydrogen (secondary N) is 1. The van der Waals surface area contributed by atoms with Gasteiger partial charge in [-0.2, -0.15) is 0 Å². The van der Waals surface area contributed by atoms with Crippen LogP contribution in [0.1, 0.15) is 54.9 Å². The maximum atomic E-state index is 13.9. The Bertz CT molecular complexity index is 560. The smallest absolute Gasteiger partial charge is 0.138 e. The lowest BCUT2D eigenvalue weighted by Crippen LogP contribution is -2.25. The Kier molecular flexibility index (Phi) is 4.55. The van der Waals surface area contributed by atoms with E-state index in [9.17, 15) is 4.39 Å². The standard InChI is InChI=1S/C16H21FN2O/c1-5-15(13-8-6-7-9-14(13)17)18-10(2)16-11(3)19-20-12(16)4/h6-10,15,18H,5H2,1-4H3. The SMILES string of the molecule is CCC(NC(C)c1c(C)noc1C)c1ccccc1F. The fourth-order valence-electron chi connectivity index (χ4n) is 2.68. The topological polar surface area (TPSA) is 38.1 Å². The van der Waals surface area contributed by atoms with E-state index in [1.54, 1.807) is 6.07 Å². The van der Waals surface area contributed by atoms with Crippen LogP contribution in [-0.2, 0) is 0 Å². The molecule has 1 N–H and O–H groups in total. The summed E-state index contributed by atoms with van der Waals surface area (Å²) in [7, 11) is 0. The van der Waals surface area contributed by atoms with Gasteiger partial charge in [0, 0.05) is 23.2 Å². The zero-order valence-corrected chi connectivity index (χ0v) is 12.4. The summed E-state index contributed by atoms with van der Waals surface area (Å²) in [5, 5.41) is 7.44. The van der Waals surface area contributed by atoms with Crippen LogP contribution in [0.5, 0.6) is 0 Å². The molecule has 0 saturated carbocycles. The molecule has 1 heterocycles. The van der Waals surface area contributed by atoms with Gasteiger partial charge >= 0.3 is 0 Å². The molecule has 2 rings (SSSR count). The van der Waals surface area contributed by atoms with Crippen molar-refractivity contribution >= 4 is 0 Å². The Hall–Kier alpha value is -1.68. The van der Waals surface area contributed by atoms with E-state index in [-0.39, 0.29) is 17.9 Å². The van der Waals surface area contributed by atoms with Gasteiger partial charge in [0.05, 0.1) is 5.69 Å². The summed E-state index contributed by atoms with van der Waals surface area (Å²) < 4.78 is 19.1. The highest BCUT2D eigenvalue weighted by Gasteiger charge is 2.21. The predicted molar refractivity (Wildman–Crippen MR) is 77.0 cm³/mol. The van der Waals surface area contributed by atoms with Gasteiger partial charge in [-0.3, -0.25) is 0 Å². The molecule has 2 aromatic rings. The molecule has 1 aromatic carbocycles. The molecular formula is C16H21FN2O. The number of nitrogens with zero attached hydrogens (tertiary/aromatic N) is 1. The maximum absolute atomic E-state index is 13.9. The largest absolute Gasteiger partial charge is 0.361 e. The second-order valence-electron chi connectivity index (χ2n) is 5.11. The van der Waals surface area contributed by atoms with Crippen LogP contribution in [0.15, 0.2) is 28.8 Å². The number of aryl methyl sites for hydroxylation is 2. The van der Waals surface area contributed by atoms with Crippen molar-refractivity contribution in [2.75, 3.05) is 0 Å². The van der Waals surface area contributed by atoms with Crippen LogP contribution < -0.4 is 5.32 Å². The summed E-state index contributed by atoms with van der Waals surface area (Å²) in [6.07, 6.45) is 0.814. The molecule has 4 heteroatoms. The first-order valence-corrected chi connectivity index (χ1v) is 6.97. The number of rotatable bonds is 5. The Labute approximate surface area is 119 Å². The van der Waals surface area contributed by atoms with E-state index in [1.165, 1.54) is 6.07 Å². The van der Waals surface area contributed by atoms with Gasteiger partial charge in [0.2, 0.25) is 0 Å². The summed E-state index contributed by atoms with van der Waals surface area (Å²) in [5.74, 6) is 0.642. The minimum Gasteiger partial charge on any atom is -0.361 e. The number of benzene rings is 1. The summed E-state index contributed by atoms with van der Waals surface area (Å²) in [4.78, 5) is 0. The normalized spacial score (nSPS) is 14.2. The lowest BCUT2D eigenvalue weighted by atomic mass is 10.00. The fourth-order valence-corrected chi connectivity index (χ4v) is 2.68. The van der Waals surface area contributed by atoms with Crippen molar-refractivity contribution in [3.63, 3.8) is 0 Å². The van der Waals surface area contributed by atoms with E-state index in [0.29, 0.717) is 5.56 Å². The van der Waals surface area contributed by atoms with E-state index < -0.39 is 0 Å². The van der Waals surface area contributed by atoms with Crippen molar-refractivity contribution in [1.82, 2.24) is 10.5 Å². The third-order valence-electron chi connectivity index (χ3n) is 3.66. The third-order valence-corrected chi connectivity index (χ3v) is 3.66. The monoisotopic (exact) mass is 276 g/mol. The van der Waals surface area contributed by atoms with Gasteiger partial charge < -0.3 is 9.84 Å². The molecule has 0 radical (unpaired) electrons. The highest BCUT2D eigenvalue weighted by atomic mass is 19.1. The first-order valence-electron chi connectivity index (χ1n) is 6.97. The van der Waals surface area contributed by atoms with E-state index in [4.69, 9.17) is 4.52 Å². The molecular weight excluding hydrogens is 255 g/mol. The molecule has 0 fully saturated rings. The fraction of sp³-hybridized carbons (Fsp3) is 0.438. The van der Waals surface area contributed by atoms with E-state index >= 15 is 0 Å². The minimum absolute atomic E-state index is 0.0279. The van der Waals surface area contributed by atoms with Crippen LogP contribution in [0.3, 0.4) is 0 Å². The Balaban J connectivity index is 2.21. The second-order valence-corrected chi connectivity index (χ2v) is 5.11. The minimum atomic E-state index is -0.169. The van der Waals surface area contributed by atoms with Crippen LogP contribution in [-0.4, -0.2) is 5.16 Å². The van der Waals surface area contributed by atoms with Gasteiger partial charge in [-0.25, -0.2) is 4.39 Å². The molecule has 0 saturated heterocycles. The van der Waals surface area contributed by atoms with Crippen molar-refractivity contribution in [2.24, 2.45) is 0 Å². The van der Waals surface area contributed by atoms with Crippen LogP contribution in [0.4, 0.5) is 4.39 Å². The molecule has 20 heavy (non-hydrogen) atoms. The molecule has 0 amide bonds. The van der Waals surface area contributed by atoms with Crippen molar-refractivity contribution in [3.05, 3.63) is 52.7 Å². The molecule has 108 valence electrons. The van der Waals surface area contributed by atoms with E-state index in [0.717, 1.165) is 23.4 Å². The molecule has 0 aliphatic carbocycles. The van der Waals surface area contributed by atoms with Crippen LogP contribution in [0.25, 0.3) is 0 Å². The van der Waals surface area contributed by atoms with Gasteiger partial charge in [-0.1, -0.05) is 30.3 Å². The van der Waals surface area contributed by atoms with Crippen LogP contribution in [0, 0.1) is 19.7 Å². The zero-order chi connectivity index (χ0) is 14.7. The molecule has 3 nitrogen and oxygen atoms in total. The van der Waals surface area contributed by atoms with Gasteiger partial charge in [-0.05, 0) is 33.3 Å². The molecule has 0 spiro atoms. The first kappa shape index (κ1) is 14.7. The van der Waals surface area contributed by atoms with Crippen molar-refractivity contribution in [3.8, 4) is 0 Å². The molecule has 0 bridgehead atoms. The lowest BCUT2D eigenvalue weighted by Gasteiger charge is -2.23. The quantitative estimate of drug-likeness (QED) is 0.888. The Morgan fingerprint density at radius 1 is 1.30 bits per heavy atom. The van der Waals surface area contributed by atoms with E-state index in [1.807, 2.05) is 32.9 Å². The Morgan fingerprint density at radius 3 is 2.55 bits per heavy atom. The molecule has 0 aliphatic heterocycles. The second kappa shape index (κ2) is 6.18. The summed E-state index contributed by atoms with van der Waals surface area (Å²) in [6, 6.07) is 6.94. The lowest BCUT2D eigenvalue weighted by molar-refractivity contribution is 0.387. The summed E-state index contributed by atoms with van der Waals surface area (Å²) in [5.41, 5.74) is 2.64. The van der Waals surface area contributed by atoms with Crippen molar-refractivity contribution in [1.29, 1.82) is 0 Å². The zero-order valence-electron chi connectivity index (χ0n) is 12.4. The van der Waals surface area contributed by atoms with Gasteiger partial charge in [0.1, 0.15) is 11.6 Å². The number of hydrogen-bond acceptors (Lipinski definition) is 3. The average molecular weight is 276 g/mol. The first-order chi connectivity index (χ1) is 9.54. The molecule has 1 aromatic heterocycles. The van der Waals surface area contributed by atoms with Crippen molar-refractivity contribution in [2.45, 2.75) is 46.2 Å². The predicted octanol–water partition coefficient (Wildman–Crippen LogP) is 4.23. The maximum Gasteiger partial charge on any atom is 0.138 e.